The van der Waals surface area contributed by atoms with E-state index in [0.29, 0.717) is 0 Å². The Morgan fingerprint density at radius 3 is 2.74 bits per heavy atom. The Hall–Kier alpha value is -0.890. The smallest absolute Gasteiger partial charge is 0.191 e. The van der Waals surface area contributed by atoms with E-state index in [2.05, 4.69) is 15.6 Å². The maximum atomic E-state index is 13.1. The minimum Gasteiger partial charge on any atom is -0.385 e. The summed E-state index contributed by atoms with van der Waals surface area (Å²) in [7, 11) is 1.73. The quantitative estimate of drug-likeness (QED) is 0.256. The van der Waals surface area contributed by atoms with Crippen molar-refractivity contribution in [3.8, 4) is 0 Å². The zero-order valence-electron chi connectivity index (χ0n) is 14.1. The van der Waals surface area contributed by atoms with Gasteiger partial charge < -0.3 is 15.4 Å². The van der Waals surface area contributed by atoms with E-state index >= 15 is 0 Å². The molecule has 23 heavy (non-hydrogen) atoms. The van der Waals surface area contributed by atoms with Crippen molar-refractivity contribution >= 4 is 29.9 Å². The molecule has 6 heteroatoms. The van der Waals surface area contributed by atoms with E-state index < -0.39 is 0 Å². The molecule has 2 N–H and O–H groups in total. The summed E-state index contributed by atoms with van der Waals surface area (Å²) in [6.45, 7) is 5.23. The molecule has 0 atom stereocenters. The van der Waals surface area contributed by atoms with Crippen LogP contribution in [0, 0.1) is 5.82 Å². The molecule has 0 fully saturated rings. The molecule has 0 amide bonds. The Kier molecular flexibility index (Phi) is 14.1. The number of halogens is 2. The van der Waals surface area contributed by atoms with Crippen molar-refractivity contribution in [2.24, 2.45) is 4.99 Å². The first kappa shape index (κ1) is 22.1. The van der Waals surface area contributed by atoms with Gasteiger partial charge >= 0.3 is 0 Å². The third-order valence-corrected chi connectivity index (χ3v) is 3.22. The average molecular weight is 437 g/mol. The Balaban J connectivity index is 0.00000484. The highest BCUT2D eigenvalue weighted by Crippen LogP contribution is 2.03. The molecule has 0 saturated carbocycles. The average Bonchev–Trinajstić information content (AvgIpc) is 2.51. The molecule has 0 saturated heterocycles. The molecule has 0 aliphatic rings. The summed E-state index contributed by atoms with van der Waals surface area (Å²) in [6.07, 6.45) is 4.04. The van der Waals surface area contributed by atoms with Crippen LogP contribution in [-0.2, 0) is 11.2 Å². The normalized spacial score (nSPS) is 11.0. The molecule has 0 heterocycles. The van der Waals surface area contributed by atoms with Crippen molar-refractivity contribution in [2.75, 3.05) is 33.4 Å². The molecule has 4 nitrogen and oxygen atoms in total. The summed E-state index contributed by atoms with van der Waals surface area (Å²) in [5.41, 5.74) is 0.989. The number of guanidine groups is 1. The number of benzene rings is 1. The predicted octanol–water partition coefficient (Wildman–Crippen LogP) is 3.36. The Labute approximate surface area is 156 Å². The monoisotopic (exact) mass is 437 g/mol. The van der Waals surface area contributed by atoms with E-state index in [0.717, 1.165) is 63.4 Å². The van der Waals surface area contributed by atoms with Crippen LogP contribution in [0.3, 0.4) is 0 Å². The van der Waals surface area contributed by atoms with E-state index in [1.165, 1.54) is 6.07 Å². The van der Waals surface area contributed by atoms with Gasteiger partial charge in [-0.2, -0.15) is 0 Å². The summed E-state index contributed by atoms with van der Waals surface area (Å²) in [5, 5.41) is 6.50. The highest BCUT2D eigenvalue weighted by Gasteiger charge is 1.99. The van der Waals surface area contributed by atoms with Crippen LogP contribution < -0.4 is 10.6 Å². The Morgan fingerprint density at radius 1 is 1.22 bits per heavy atom. The molecule has 0 spiro atoms. The third-order valence-electron chi connectivity index (χ3n) is 3.22. The maximum Gasteiger partial charge on any atom is 0.191 e. The van der Waals surface area contributed by atoms with Crippen molar-refractivity contribution in [1.29, 1.82) is 0 Å². The van der Waals surface area contributed by atoms with Crippen molar-refractivity contribution in [3.05, 3.63) is 35.6 Å². The zero-order chi connectivity index (χ0) is 16.0. The molecular weight excluding hydrogens is 408 g/mol. The number of hydrogen-bond acceptors (Lipinski definition) is 2. The summed E-state index contributed by atoms with van der Waals surface area (Å²) in [6, 6.07) is 6.71. The van der Waals surface area contributed by atoms with E-state index in [9.17, 15) is 4.39 Å². The first-order chi connectivity index (χ1) is 10.8. The van der Waals surface area contributed by atoms with Gasteiger partial charge in [-0.05, 0) is 50.3 Å². The molecule has 1 aromatic carbocycles. The molecule has 0 unspecified atom stereocenters. The van der Waals surface area contributed by atoms with Crippen LogP contribution in [0.25, 0.3) is 0 Å². The Bertz CT molecular complexity index is 444. The molecule has 0 aliphatic carbocycles. The van der Waals surface area contributed by atoms with Crippen molar-refractivity contribution in [3.63, 3.8) is 0 Å². The van der Waals surface area contributed by atoms with Gasteiger partial charge in [0, 0.05) is 33.4 Å². The lowest BCUT2D eigenvalue weighted by Crippen LogP contribution is -2.38. The number of hydrogen-bond donors (Lipinski definition) is 2. The highest BCUT2D eigenvalue weighted by atomic mass is 127. The van der Waals surface area contributed by atoms with Crippen molar-refractivity contribution in [2.45, 2.75) is 32.6 Å². The fourth-order valence-electron chi connectivity index (χ4n) is 2.09. The van der Waals surface area contributed by atoms with Crippen LogP contribution in [0.1, 0.15) is 31.7 Å². The van der Waals surface area contributed by atoms with Crippen molar-refractivity contribution < 1.29 is 9.13 Å². The minimum atomic E-state index is -0.186. The van der Waals surface area contributed by atoms with Gasteiger partial charge in [0.05, 0.1) is 0 Å². The molecule has 0 radical (unpaired) electrons. The number of rotatable bonds is 10. The van der Waals surface area contributed by atoms with Gasteiger partial charge in [-0.1, -0.05) is 12.1 Å². The first-order valence-corrected chi connectivity index (χ1v) is 8.01. The number of aliphatic imine (C=N–C) groups is 1. The third kappa shape index (κ3) is 11.3. The molecule has 0 bridgehead atoms. The molecule has 1 rings (SSSR count). The second-order valence-electron chi connectivity index (χ2n) is 5.12. The second kappa shape index (κ2) is 14.7. The van der Waals surface area contributed by atoms with E-state index in [1.807, 2.05) is 13.0 Å². The number of ether oxygens (including phenoxy) is 1. The minimum absolute atomic E-state index is 0. The summed E-state index contributed by atoms with van der Waals surface area (Å²) < 4.78 is 18.1. The van der Waals surface area contributed by atoms with Crippen LogP contribution >= 0.6 is 24.0 Å². The summed E-state index contributed by atoms with van der Waals surface area (Å²) in [4.78, 5) is 4.54. The van der Waals surface area contributed by atoms with Crippen LogP contribution in [0.4, 0.5) is 4.39 Å². The van der Waals surface area contributed by atoms with Gasteiger partial charge in [0.25, 0.3) is 0 Å². The fraction of sp³-hybridized carbons (Fsp3) is 0.588. The van der Waals surface area contributed by atoms with Gasteiger partial charge in [-0.25, -0.2) is 4.39 Å². The largest absolute Gasteiger partial charge is 0.385 e. The molecular formula is C17H29FIN3O. The number of methoxy groups -OCH3 is 1. The predicted molar refractivity (Wildman–Crippen MR) is 105 cm³/mol. The standard InChI is InChI=1S/C17H28FN3O.HI/c1-3-19-17(20-11-5-4-6-13-22-2)21-12-10-15-8-7-9-16(18)14-15;/h7-9,14H,3-6,10-13H2,1-2H3,(H2,19,20,21);1H. The van der Waals surface area contributed by atoms with Gasteiger partial charge in [0.1, 0.15) is 5.82 Å². The van der Waals surface area contributed by atoms with Crippen LogP contribution in [0.5, 0.6) is 0 Å². The zero-order valence-corrected chi connectivity index (χ0v) is 16.4. The van der Waals surface area contributed by atoms with Gasteiger partial charge in [-0.3, -0.25) is 4.99 Å². The number of unbranched alkanes of at least 4 members (excludes halogenated alkanes) is 2. The molecule has 1 aromatic rings. The number of nitrogens with one attached hydrogen (secondary N) is 2. The lowest BCUT2D eigenvalue weighted by atomic mass is 10.1. The topological polar surface area (TPSA) is 45.7 Å². The van der Waals surface area contributed by atoms with Crippen LogP contribution in [-0.4, -0.2) is 39.3 Å². The molecule has 132 valence electrons. The first-order valence-electron chi connectivity index (χ1n) is 8.01. The summed E-state index contributed by atoms with van der Waals surface area (Å²) in [5.74, 6) is 0.639. The number of nitrogens with zero attached hydrogens (tertiary/aromatic N) is 1. The van der Waals surface area contributed by atoms with E-state index in [1.54, 1.807) is 19.2 Å². The lowest BCUT2D eigenvalue weighted by Gasteiger charge is -2.11. The van der Waals surface area contributed by atoms with Gasteiger partial charge in [-0.15, -0.1) is 24.0 Å². The van der Waals surface area contributed by atoms with Gasteiger partial charge in [0.2, 0.25) is 0 Å². The second-order valence-corrected chi connectivity index (χ2v) is 5.12. The van der Waals surface area contributed by atoms with Crippen molar-refractivity contribution in [1.82, 2.24) is 10.6 Å². The van der Waals surface area contributed by atoms with E-state index in [4.69, 9.17) is 4.74 Å². The molecule has 0 aliphatic heterocycles. The molecule has 0 aromatic heterocycles. The highest BCUT2D eigenvalue weighted by molar-refractivity contribution is 14.0. The lowest BCUT2D eigenvalue weighted by molar-refractivity contribution is 0.192. The maximum absolute atomic E-state index is 13.1. The van der Waals surface area contributed by atoms with E-state index in [-0.39, 0.29) is 29.8 Å². The SMILES string of the molecule is CCNC(=NCCCCCOC)NCCc1cccc(F)c1.I. The van der Waals surface area contributed by atoms with Crippen LogP contribution in [0.15, 0.2) is 29.3 Å². The fourth-order valence-corrected chi connectivity index (χ4v) is 2.09. The Morgan fingerprint density at radius 2 is 2.04 bits per heavy atom. The van der Waals surface area contributed by atoms with Crippen LogP contribution in [0.2, 0.25) is 0 Å². The van der Waals surface area contributed by atoms with Gasteiger partial charge in [0.15, 0.2) is 5.96 Å². The summed E-state index contributed by atoms with van der Waals surface area (Å²) >= 11 is 0.